The second-order valence-corrected chi connectivity index (χ2v) is 4.30. The fraction of sp³-hybridized carbons (Fsp3) is 0.385. The zero-order valence-electron chi connectivity index (χ0n) is 10.2. The lowest BCUT2D eigenvalue weighted by Crippen LogP contribution is -2.11. The molecule has 0 spiro atoms. The van der Waals surface area contributed by atoms with Crippen LogP contribution in [0.15, 0.2) is 28.8 Å². The molecule has 0 fully saturated rings. The molecule has 1 aliphatic rings. The van der Waals surface area contributed by atoms with Gasteiger partial charge in [0.1, 0.15) is 18.3 Å². The van der Waals surface area contributed by atoms with Crippen LogP contribution in [-0.2, 0) is 6.42 Å². The standard InChI is InChI=1S/C13H15N3O2/c1-14-7-6-12-15-13(18-16-12)10-8-17-11-5-3-2-4-9(10)11/h2-5,10,14H,6-8H2,1H3. The molecule has 5 nitrogen and oxygen atoms in total. The van der Waals surface area contributed by atoms with Crippen molar-refractivity contribution in [2.24, 2.45) is 0 Å². The SMILES string of the molecule is CNCCc1noc(C2COc3ccccc32)n1. The number of aromatic nitrogens is 2. The highest BCUT2D eigenvalue weighted by Gasteiger charge is 2.29. The fourth-order valence-electron chi connectivity index (χ4n) is 2.11. The Morgan fingerprint density at radius 1 is 1.39 bits per heavy atom. The topological polar surface area (TPSA) is 60.2 Å². The predicted octanol–water partition coefficient (Wildman–Crippen LogP) is 1.36. The van der Waals surface area contributed by atoms with Gasteiger partial charge in [0.15, 0.2) is 5.82 Å². The van der Waals surface area contributed by atoms with Crippen LogP contribution in [0.5, 0.6) is 5.75 Å². The zero-order valence-corrected chi connectivity index (χ0v) is 10.2. The zero-order chi connectivity index (χ0) is 12.4. The molecule has 3 rings (SSSR count). The van der Waals surface area contributed by atoms with Crippen molar-refractivity contribution < 1.29 is 9.26 Å². The van der Waals surface area contributed by atoms with Crippen LogP contribution < -0.4 is 10.1 Å². The first-order valence-corrected chi connectivity index (χ1v) is 6.07. The molecule has 1 aliphatic heterocycles. The minimum atomic E-state index is 0.0667. The number of rotatable bonds is 4. The summed E-state index contributed by atoms with van der Waals surface area (Å²) in [6.07, 6.45) is 0.773. The summed E-state index contributed by atoms with van der Waals surface area (Å²) in [4.78, 5) is 4.43. The molecule has 0 amide bonds. The molecule has 94 valence electrons. The highest BCUT2D eigenvalue weighted by atomic mass is 16.5. The first kappa shape index (κ1) is 11.2. The second-order valence-electron chi connectivity index (χ2n) is 4.30. The van der Waals surface area contributed by atoms with Gasteiger partial charge >= 0.3 is 0 Å². The van der Waals surface area contributed by atoms with Crippen molar-refractivity contribution in [1.29, 1.82) is 0 Å². The maximum Gasteiger partial charge on any atom is 0.237 e. The van der Waals surface area contributed by atoms with Crippen molar-refractivity contribution >= 4 is 0 Å². The lowest BCUT2D eigenvalue weighted by atomic mass is 10.0. The fourth-order valence-corrected chi connectivity index (χ4v) is 2.11. The van der Waals surface area contributed by atoms with E-state index in [4.69, 9.17) is 9.26 Å². The Bertz CT molecular complexity index is 539. The second kappa shape index (κ2) is 4.78. The molecule has 0 radical (unpaired) electrons. The maximum absolute atomic E-state index is 5.62. The van der Waals surface area contributed by atoms with Crippen LogP contribution in [0.1, 0.15) is 23.2 Å². The lowest BCUT2D eigenvalue weighted by Gasteiger charge is -2.01. The molecule has 1 atom stereocenters. The van der Waals surface area contributed by atoms with Gasteiger partial charge < -0.3 is 14.6 Å². The van der Waals surface area contributed by atoms with E-state index in [1.54, 1.807) is 0 Å². The predicted molar refractivity (Wildman–Crippen MR) is 65.7 cm³/mol. The van der Waals surface area contributed by atoms with Crippen LogP contribution in [0, 0.1) is 0 Å². The summed E-state index contributed by atoms with van der Waals surface area (Å²) < 4.78 is 10.9. The Hall–Kier alpha value is -1.88. The average Bonchev–Trinajstić information content (AvgIpc) is 3.02. The van der Waals surface area contributed by atoms with Crippen LogP contribution in [0.3, 0.4) is 0 Å². The molecule has 2 aromatic rings. The molecule has 5 heteroatoms. The van der Waals surface area contributed by atoms with Gasteiger partial charge in [-0.15, -0.1) is 0 Å². The Kier molecular flexibility index (Phi) is 2.98. The van der Waals surface area contributed by atoms with Gasteiger partial charge in [-0.3, -0.25) is 0 Å². The number of ether oxygens (including phenoxy) is 1. The number of benzene rings is 1. The van der Waals surface area contributed by atoms with Gasteiger partial charge in [-0.05, 0) is 13.1 Å². The molecule has 0 saturated carbocycles. The van der Waals surface area contributed by atoms with E-state index in [0.29, 0.717) is 12.5 Å². The van der Waals surface area contributed by atoms with Gasteiger partial charge in [-0.1, -0.05) is 23.4 Å². The van der Waals surface area contributed by atoms with Crippen LogP contribution in [0.4, 0.5) is 0 Å². The largest absolute Gasteiger partial charge is 0.492 e. The van der Waals surface area contributed by atoms with Crippen LogP contribution in [0.25, 0.3) is 0 Å². The monoisotopic (exact) mass is 245 g/mol. The number of nitrogens with one attached hydrogen (secondary N) is 1. The summed E-state index contributed by atoms with van der Waals surface area (Å²) in [6, 6.07) is 7.98. The highest BCUT2D eigenvalue weighted by Crippen LogP contribution is 2.36. The van der Waals surface area contributed by atoms with E-state index in [1.807, 2.05) is 31.3 Å². The molecule has 2 heterocycles. The molecule has 18 heavy (non-hydrogen) atoms. The number of hydrogen-bond acceptors (Lipinski definition) is 5. The van der Waals surface area contributed by atoms with Crippen molar-refractivity contribution in [3.05, 3.63) is 41.5 Å². The summed E-state index contributed by atoms with van der Waals surface area (Å²) in [6.45, 7) is 1.42. The third-order valence-corrected chi connectivity index (χ3v) is 3.08. The van der Waals surface area contributed by atoms with E-state index >= 15 is 0 Å². The number of para-hydroxylation sites is 1. The Balaban J connectivity index is 1.82. The maximum atomic E-state index is 5.62. The minimum absolute atomic E-state index is 0.0667. The van der Waals surface area contributed by atoms with E-state index in [-0.39, 0.29) is 5.92 Å². The van der Waals surface area contributed by atoms with Crippen molar-refractivity contribution in [3.63, 3.8) is 0 Å². The number of likely N-dealkylation sites (N-methyl/N-ethyl adjacent to an activating group) is 1. The molecule has 0 bridgehead atoms. The number of fused-ring (bicyclic) bond motifs is 1. The van der Waals surface area contributed by atoms with Gasteiger partial charge in [-0.2, -0.15) is 4.98 Å². The Morgan fingerprint density at radius 3 is 3.17 bits per heavy atom. The molecule has 1 aromatic heterocycles. The average molecular weight is 245 g/mol. The quantitative estimate of drug-likeness (QED) is 0.881. The number of hydrogen-bond donors (Lipinski definition) is 1. The third kappa shape index (κ3) is 1.97. The van der Waals surface area contributed by atoms with E-state index in [1.165, 1.54) is 0 Å². The van der Waals surface area contributed by atoms with Crippen molar-refractivity contribution in [2.45, 2.75) is 12.3 Å². The molecule has 0 saturated heterocycles. The van der Waals surface area contributed by atoms with Crippen LogP contribution >= 0.6 is 0 Å². The van der Waals surface area contributed by atoms with Gasteiger partial charge in [0, 0.05) is 18.5 Å². The summed E-state index contributed by atoms with van der Waals surface area (Å²) in [5, 5.41) is 7.05. The van der Waals surface area contributed by atoms with E-state index in [9.17, 15) is 0 Å². The third-order valence-electron chi connectivity index (χ3n) is 3.08. The molecular weight excluding hydrogens is 230 g/mol. The van der Waals surface area contributed by atoms with E-state index < -0.39 is 0 Å². The lowest BCUT2D eigenvalue weighted by molar-refractivity contribution is 0.304. The summed E-state index contributed by atoms with van der Waals surface area (Å²) in [7, 11) is 1.90. The number of nitrogens with zero attached hydrogens (tertiary/aromatic N) is 2. The summed E-state index contributed by atoms with van der Waals surface area (Å²) in [5.74, 6) is 2.37. The van der Waals surface area contributed by atoms with E-state index in [2.05, 4.69) is 15.5 Å². The molecular formula is C13H15N3O2. The van der Waals surface area contributed by atoms with Crippen LogP contribution in [0.2, 0.25) is 0 Å². The first-order valence-electron chi connectivity index (χ1n) is 6.07. The van der Waals surface area contributed by atoms with Crippen molar-refractivity contribution in [3.8, 4) is 5.75 Å². The summed E-state index contributed by atoms with van der Waals surface area (Å²) >= 11 is 0. The van der Waals surface area contributed by atoms with Gasteiger partial charge in [0.25, 0.3) is 0 Å². The summed E-state index contributed by atoms with van der Waals surface area (Å²) in [5.41, 5.74) is 1.13. The van der Waals surface area contributed by atoms with Gasteiger partial charge in [-0.25, -0.2) is 0 Å². The molecule has 1 aromatic carbocycles. The highest BCUT2D eigenvalue weighted by molar-refractivity contribution is 5.42. The smallest absolute Gasteiger partial charge is 0.237 e. The molecule has 1 N–H and O–H groups in total. The van der Waals surface area contributed by atoms with E-state index in [0.717, 1.165) is 30.1 Å². The van der Waals surface area contributed by atoms with Crippen molar-refractivity contribution in [1.82, 2.24) is 15.5 Å². The van der Waals surface area contributed by atoms with Gasteiger partial charge in [0.2, 0.25) is 5.89 Å². The Morgan fingerprint density at radius 2 is 2.28 bits per heavy atom. The molecule has 0 aliphatic carbocycles. The van der Waals surface area contributed by atoms with Gasteiger partial charge in [0.05, 0.1) is 0 Å². The molecule has 1 unspecified atom stereocenters. The normalized spacial score (nSPS) is 17.5. The first-order chi connectivity index (χ1) is 8.88. The van der Waals surface area contributed by atoms with Crippen LogP contribution in [-0.4, -0.2) is 30.3 Å². The van der Waals surface area contributed by atoms with Crippen molar-refractivity contribution in [2.75, 3.05) is 20.2 Å². The minimum Gasteiger partial charge on any atom is -0.492 e. The Labute approximate surface area is 105 Å².